The molecule has 1 aliphatic heterocycles. The maximum Gasteiger partial charge on any atom is 0.243 e. The fourth-order valence-electron chi connectivity index (χ4n) is 3.27. The minimum Gasteiger partial charge on any atom is -0.286 e. The van der Waals surface area contributed by atoms with Crippen molar-refractivity contribution < 1.29 is 12.8 Å². The predicted molar refractivity (Wildman–Crippen MR) is 90.1 cm³/mol. The van der Waals surface area contributed by atoms with Crippen molar-refractivity contribution in [3.8, 4) is 0 Å². The molecule has 25 heavy (non-hydrogen) atoms. The second-order valence-electron chi connectivity index (χ2n) is 6.12. The van der Waals surface area contributed by atoms with Gasteiger partial charge in [-0.05, 0) is 43.2 Å². The number of sulfonamides is 1. The predicted octanol–water partition coefficient (Wildman–Crippen LogP) is 2.44. The molecule has 0 saturated carbocycles. The van der Waals surface area contributed by atoms with Crippen LogP contribution >= 0.6 is 0 Å². The van der Waals surface area contributed by atoms with Gasteiger partial charge in [0.05, 0.1) is 4.90 Å². The van der Waals surface area contributed by atoms with Crippen LogP contribution in [0.15, 0.2) is 53.6 Å². The van der Waals surface area contributed by atoms with E-state index in [4.69, 9.17) is 0 Å². The molecule has 8 heteroatoms. The number of halogens is 1. The Morgan fingerprint density at radius 1 is 1.04 bits per heavy atom. The lowest BCUT2D eigenvalue weighted by atomic mass is 9.97. The van der Waals surface area contributed by atoms with E-state index in [1.54, 1.807) is 0 Å². The Morgan fingerprint density at radius 3 is 2.60 bits per heavy atom. The first kappa shape index (κ1) is 16.2. The van der Waals surface area contributed by atoms with Crippen LogP contribution in [0.2, 0.25) is 0 Å². The van der Waals surface area contributed by atoms with Crippen LogP contribution in [0.25, 0.3) is 5.65 Å². The molecule has 2 aromatic heterocycles. The highest BCUT2D eigenvalue weighted by Gasteiger charge is 2.31. The first-order chi connectivity index (χ1) is 12.1. The van der Waals surface area contributed by atoms with Gasteiger partial charge < -0.3 is 0 Å². The molecule has 0 radical (unpaired) electrons. The Labute approximate surface area is 145 Å². The van der Waals surface area contributed by atoms with Crippen molar-refractivity contribution in [1.82, 2.24) is 18.9 Å². The standard InChI is InChI=1S/C17H17FN4O2S/c18-14-4-3-5-15(12-14)25(23,24)21-10-7-13(8-11-21)17-20-19-16-6-1-2-9-22(16)17/h1-6,9,12-13H,7-8,10-11H2. The van der Waals surface area contributed by atoms with Crippen molar-refractivity contribution in [3.63, 3.8) is 0 Å². The number of hydrogen-bond acceptors (Lipinski definition) is 4. The van der Waals surface area contributed by atoms with Gasteiger partial charge in [0.1, 0.15) is 11.6 Å². The van der Waals surface area contributed by atoms with Crippen LogP contribution in [0.4, 0.5) is 4.39 Å². The molecule has 0 atom stereocenters. The summed E-state index contributed by atoms with van der Waals surface area (Å²) in [6.07, 6.45) is 3.23. The second-order valence-corrected chi connectivity index (χ2v) is 8.06. The highest BCUT2D eigenvalue weighted by atomic mass is 32.2. The second kappa shape index (κ2) is 6.20. The van der Waals surface area contributed by atoms with Crippen LogP contribution in [0.3, 0.4) is 0 Å². The summed E-state index contributed by atoms with van der Waals surface area (Å²) in [5.41, 5.74) is 0.785. The zero-order chi connectivity index (χ0) is 17.4. The molecule has 1 aliphatic rings. The molecule has 0 spiro atoms. The molecule has 1 aromatic carbocycles. The quantitative estimate of drug-likeness (QED) is 0.719. The first-order valence-corrected chi connectivity index (χ1v) is 9.55. The third-order valence-corrected chi connectivity index (χ3v) is 6.49. The van der Waals surface area contributed by atoms with E-state index in [2.05, 4.69) is 10.2 Å². The van der Waals surface area contributed by atoms with E-state index in [1.807, 2.05) is 28.8 Å². The maximum absolute atomic E-state index is 13.4. The number of rotatable bonds is 3. The zero-order valence-corrected chi connectivity index (χ0v) is 14.2. The van der Waals surface area contributed by atoms with Crippen LogP contribution < -0.4 is 0 Å². The normalized spacial score (nSPS) is 17.2. The van der Waals surface area contributed by atoms with E-state index in [0.717, 1.165) is 17.5 Å². The first-order valence-electron chi connectivity index (χ1n) is 8.11. The molecule has 0 amide bonds. The highest BCUT2D eigenvalue weighted by Crippen LogP contribution is 2.30. The average molecular weight is 360 g/mol. The van der Waals surface area contributed by atoms with Gasteiger partial charge in [-0.1, -0.05) is 12.1 Å². The van der Waals surface area contributed by atoms with Crippen molar-refractivity contribution in [2.45, 2.75) is 23.7 Å². The van der Waals surface area contributed by atoms with Crippen LogP contribution in [0.1, 0.15) is 24.6 Å². The number of fused-ring (bicyclic) bond motifs is 1. The van der Waals surface area contributed by atoms with Crippen LogP contribution in [-0.4, -0.2) is 40.4 Å². The molecule has 1 saturated heterocycles. The molecule has 0 bridgehead atoms. The highest BCUT2D eigenvalue weighted by molar-refractivity contribution is 7.89. The molecule has 0 aliphatic carbocycles. The summed E-state index contributed by atoms with van der Waals surface area (Å²) < 4.78 is 42.1. The SMILES string of the molecule is O=S(=O)(c1cccc(F)c1)N1CCC(c2nnc3ccccn23)CC1. The van der Waals surface area contributed by atoms with Crippen LogP contribution in [0.5, 0.6) is 0 Å². The molecular formula is C17H17FN4O2S. The maximum atomic E-state index is 13.4. The van der Waals surface area contributed by atoms with Gasteiger partial charge in [-0.3, -0.25) is 4.40 Å². The van der Waals surface area contributed by atoms with E-state index in [1.165, 1.54) is 22.5 Å². The number of nitrogens with zero attached hydrogens (tertiary/aromatic N) is 4. The van der Waals surface area contributed by atoms with Crippen LogP contribution in [-0.2, 0) is 10.0 Å². The van der Waals surface area contributed by atoms with Gasteiger partial charge in [0.15, 0.2) is 5.65 Å². The summed E-state index contributed by atoms with van der Waals surface area (Å²) in [7, 11) is -3.67. The lowest BCUT2D eigenvalue weighted by Gasteiger charge is -2.30. The van der Waals surface area contributed by atoms with Gasteiger partial charge >= 0.3 is 0 Å². The summed E-state index contributed by atoms with van der Waals surface area (Å²) in [5.74, 6) is 0.459. The van der Waals surface area contributed by atoms with E-state index in [-0.39, 0.29) is 10.8 Å². The van der Waals surface area contributed by atoms with Gasteiger partial charge in [0.2, 0.25) is 10.0 Å². The molecular weight excluding hydrogens is 343 g/mol. The Bertz CT molecular complexity index is 1010. The fraction of sp³-hybridized carbons (Fsp3) is 0.294. The third kappa shape index (κ3) is 2.91. The third-order valence-electron chi connectivity index (χ3n) is 4.59. The van der Waals surface area contributed by atoms with E-state index < -0.39 is 15.8 Å². The summed E-state index contributed by atoms with van der Waals surface area (Å²) >= 11 is 0. The Balaban J connectivity index is 1.53. The van der Waals surface area contributed by atoms with Crippen molar-refractivity contribution in [3.05, 3.63) is 60.3 Å². The van der Waals surface area contributed by atoms with Gasteiger partial charge in [-0.2, -0.15) is 4.31 Å². The average Bonchev–Trinajstić information content (AvgIpc) is 3.06. The number of hydrogen-bond donors (Lipinski definition) is 0. The van der Waals surface area contributed by atoms with Crippen LogP contribution in [0, 0.1) is 5.82 Å². The summed E-state index contributed by atoms with van der Waals surface area (Å²) in [6, 6.07) is 10.9. The van der Waals surface area contributed by atoms with Gasteiger partial charge in [-0.15, -0.1) is 10.2 Å². The lowest BCUT2D eigenvalue weighted by molar-refractivity contribution is 0.312. The van der Waals surface area contributed by atoms with E-state index >= 15 is 0 Å². The molecule has 130 valence electrons. The molecule has 6 nitrogen and oxygen atoms in total. The number of piperidine rings is 1. The van der Waals surface area contributed by atoms with E-state index in [0.29, 0.717) is 25.9 Å². The summed E-state index contributed by atoms with van der Waals surface area (Å²) in [5, 5.41) is 8.43. The Hall–Kier alpha value is -2.32. The van der Waals surface area contributed by atoms with Crippen molar-refractivity contribution in [2.24, 2.45) is 0 Å². The fourth-order valence-corrected chi connectivity index (χ4v) is 4.77. The summed E-state index contributed by atoms with van der Waals surface area (Å²) in [4.78, 5) is -0.00104. The van der Waals surface area contributed by atoms with Gasteiger partial charge in [0, 0.05) is 25.2 Å². The number of aromatic nitrogens is 3. The molecule has 3 heterocycles. The van der Waals surface area contributed by atoms with Crippen molar-refractivity contribution in [2.75, 3.05) is 13.1 Å². The van der Waals surface area contributed by atoms with Crippen molar-refractivity contribution in [1.29, 1.82) is 0 Å². The molecule has 0 N–H and O–H groups in total. The Morgan fingerprint density at radius 2 is 1.84 bits per heavy atom. The largest absolute Gasteiger partial charge is 0.286 e. The van der Waals surface area contributed by atoms with Gasteiger partial charge in [-0.25, -0.2) is 12.8 Å². The minimum atomic E-state index is -3.67. The minimum absolute atomic E-state index is 0.00104. The Kier molecular flexibility index (Phi) is 4.01. The number of pyridine rings is 1. The smallest absolute Gasteiger partial charge is 0.243 e. The molecule has 3 aromatic rings. The van der Waals surface area contributed by atoms with Crippen molar-refractivity contribution >= 4 is 15.7 Å². The molecule has 4 rings (SSSR count). The van der Waals surface area contributed by atoms with E-state index in [9.17, 15) is 12.8 Å². The summed E-state index contributed by atoms with van der Waals surface area (Å²) in [6.45, 7) is 0.760. The van der Waals surface area contributed by atoms with Gasteiger partial charge in [0.25, 0.3) is 0 Å². The molecule has 0 unspecified atom stereocenters. The zero-order valence-electron chi connectivity index (χ0n) is 13.4. The lowest BCUT2D eigenvalue weighted by Crippen LogP contribution is -2.38. The number of benzene rings is 1. The molecule has 1 fully saturated rings. The topological polar surface area (TPSA) is 67.6 Å². The monoisotopic (exact) mass is 360 g/mol.